The van der Waals surface area contributed by atoms with Crippen LogP contribution in [0.2, 0.25) is 0 Å². The van der Waals surface area contributed by atoms with Crippen LogP contribution in [-0.4, -0.2) is 65.0 Å². The van der Waals surface area contributed by atoms with E-state index in [1.807, 2.05) is 4.57 Å². The van der Waals surface area contributed by atoms with Crippen LogP contribution in [0.4, 0.5) is 4.39 Å². The molecule has 0 spiro atoms. The number of rotatable bonds is 5. The molecule has 2 aliphatic rings. The molecule has 8 heteroatoms. The third kappa shape index (κ3) is 3.47. The maximum absolute atomic E-state index is 13.2. The van der Waals surface area contributed by atoms with Crippen LogP contribution in [0.15, 0.2) is 24.3 Å². The summed E-state index contributed by atoms with van der Waals surface area (Å²) in [4.78, 5) is 15.0. The number of amides is 1. The van der Waals surface area contributed by atoms with Crippen molar-refractivity contribution in [1.82, 2.24) is 25.0 Å². The number of aromatic nitrogens is 3. The summed E-state index contributed by atoms with van der Waals surface area (Å²) in [5, 5.41) is 11.4. The molecule has 0 aliphatic carbocycles. The Morgan fingerprint density at radius 2 is 2.00 bits per heavy atom. The molecule has 2 aliphatic heterocycles. The lowest BCUT2D eigenvalue weighted by Gasteiger charge is -2.26. The predicted molar refractivity (Wildman–Crippen MR) is 93.0 cm³/mol. The van der Waals surface area contributed by atoms with Gasteiger partial charge in [0.25, 0.3) is 0 Å². The van der Waals surface area contributed by atoms with Gasteiger partial charge in [-0.25, -0.2) is 4.39 Å². The van der Waals surface area contributed by atoms with E-state index < -0.39 is 0 Å². The van der Waals surface area contributed by atoms with Crippen LogP contribution in [-0.2, 0) is 16.0 Å². The van der Waals surface area contributed by atoms with E-state index in [-0.39, 0.29) is 17.8 Å². The van der Waals surface area contributed by atoms with Crippen molar-refractivity contribution >= 4 is 5.91 Å². The second-order valence-electron chi connectivity index (χ2n) is 6.62. The Bertz CT molecular complexity index is 770. The number of halogens is 1. The van der Waals surface area contributed by atoms with Crippen LogP contribution in [0, 0.1) is 5.82 Å². The molecule has 1 aromatic heterocycles. The molecule has 3 heterocycles. The lowest BCUT2D eigenvalue weighted by molar-refractivity contribution is -0.124. The van der Waals surface area contributed by atoms with Gasteiger partial charge in [-0.2, -0.15) is 0 Å². The van der Waals surface area contributed by atoms with Gasteiger partial charge in [0, 0.05) is 38.2 Å². The molecule has 0 radical (unpaired) electrons. The van der Waals surface area contributed by atoms with Gasteiger partial charge in [-0.15, -0.1) is 10.2 Å². The number of ether oxygens (including phenoxy) is 1. The minimum absolute atomic E-state index is 0.0137. The summed E-state index contributed by atoms with van der Waals surface area (Å²) in [6, 6.07) is 5.80. The number of carbonyl (C=O) groups is 1. The zero-order valence-electron chi connectivity index (χ0n) is 14.5. The second-order valence-corrected chi connectivity index (χ2v) is 6.62. The Morgan fingerprint density at radius 3 is 2.77 bits per heavy atom. The number of nitrogens with one attached hydrogen (secondary N) is 1. The van der Waals surface area contributed by atoms with Gasteiger partial charge in [-0.3, -0.25) is 14.3 Å². The van der Waals surface area contributed by atoms with E-state index in [2.05, 4.69) is 20.4 Å². The van der Waals surface area contributed by atoms with Crippen LogP contribution in [0.5, 0.6) is 0 Å². The molecular formula is C18H22FN5O2. The van der Waals surface area contributed by atoms with Crippen LogP contribution >= 0.6 is 0 Å². The summed E-state index contributed by atoms with van der Waals surface area (Å²) >= 11 is 0. The molecule has 0 saturated carbocycles. The van der Waals surface area contributed by atoms with Crippen LogP contribution in [0.1, 0.15) is 18.3 Å². The fraction of sp³-hybridized carbons (Fsp3) is 0.500. The second kappa shape index (κ2) is 7.51. The number of nitrogens with zero attached hydrogens (tertiary/aromatic N) is 4. The summed E-state index contributed by atoms with van der Waals surface area (Å²) in [6.45, 7) is 4.75. The number of fused-ring (bicyclic) bond motifs is 1. The maximum atomic E-state index is 13.2. The zero-order valence-corrected chi connectivity index (χ0v) is 14.5. The van der Waals surface area contributed by atoms with Crippen molar-refractivity contribution in [2.45, 2.75) is 18.9 Å². The van der Waals surface area contributed by atoms with Gasteiger partial charge < -0.3 is 10.1 Å². The summed E-state index contributed by atoms with van der Waals surface area (Å²) in [5.41, 5.74) is 0.762. The van der Waals surface area contributed by atoms with E-state index in [9.17, 15) is 9.18 Å². The summed E-state index contributed by atoms with van der Waals surface area (Å²) in [5.74, 6) is 1.11. The van der Waals surface area contributed by atoms with Gasteiger partial charge in [-0.1, -0.05) is 0 Å². The quantitative estimate of drug-likeness (QED) is 0.863. The molecule has 4 rings (SSSR count). The van der Waals surface area contributed by atoms with Crippen LogP contribution < -0.4 is 5.32 Å². The average molecular weight is 359 g/mol. The largest absolute Gasteiger partial charge is 0.379 e. The molecule has 7 nitrogen and oxygen atoms in total. The molecule has 1 unspecified atom stereocenters. The molecule has 0 bridgehead atoms. The SMILES string of the molecule is O=C(NCCN1CCOCC1)C1CCc2nnc(-c3ccc(F)cc3)n21. The first-order valence-electron chi connectivity index (χ1n) is 9.00. The number of hydrogen-bond donors (Lipinski definition) is 1. The van der Waals surface area contributed by atoms with E-state index in [4.69, 9.17) is 4.74 Å². The van der Waals surface area contributed by atoms with Gasteiger partial charge in [0.2, 0.25) is 5.91 Å². The minimum Gasteiger partial charge on any atom is -0.379 e. The number of hydrogen-bond acceptors (Lipinski definition) is 5. The third-order valence-corrected chi connectivity index (χ3v) is 4.96. The maximum Gasteiger partial charge on any atom is 0.243 e. The molecule has 1 saturated heterocycles. The van der Waals surface area contributed by atoms with Gasteiger partial charge in [0.15, 0.2) is 5.82 Å². The third-order valence-electron chi connectivity index (χ3n) is 4.96. The summed E-state index contributed by atoms with van der Waals surface area (Å²) < 4.78 is 20.4. The number of benzene rings is 1. The highest BCUT2D eigenvalue weighted by Crippen LogP contribution is 2.31. The molecular weight excluding hydrogens is 337 g/mol. The number of morpholine rings is 1. The Labute approximate surface area is 151 Å². The standard InChI is InChI=1S/C18H22FN5O2/c19-14-3-1-13(2-4-14)17-22-21-16-6-5-15(24(16)17)18(25)20-7-8-23-9-11-26-12-10-23/h1-4,15H,5-12H2,(H,20,25). The molecule has 1 atom stereocenters. The Morgan fingerprint density at radius 1 is 1.23 bits per heavy atom. The van der Waals surface area contributed by atoms with Crippen molar-refractivity contribution in [1.29, 1.82) is 0 Å². The fourth-order valence-electron chi connectivity index (χ4n) is 3.54. The smallest absolute Gasteiger partial charge is 0.243 e. The van der Waals surface area contributed by atoms with Gasteiger partial charge in [0.05, 0.1) is 13.2 Å². The Balaban J connectivity index is 1.42. The van der Waals surface area contributed by atoms with Gasteiger partial charge in [-0.05, 0) is 30.7 Å². The van der Waals surface area contributed by atoms with Crippen molar-refractivity contribution in [2.24, 2.45) is 0 Å². The van der Waals surface area contributed by atoms with Crippen molar-refractivity contribution in [3.63, 3.8) is 0 Å². The highest BCUT2D eigenvalue weighted by molar-refractivity contribution is 5.81. The Hall–Kier alpha value is -2.32. The molecule has 1 amide bonds. The molecule has 2 aromatic rings. The molecule has 1 fully saturated rings. The zero-order chi connectivity index (χ0) is 17.9. The number of aryl methyl sites for hydroxylation is 1. The monoisotopic (exact) mass is 359 g/mol. The lowest BCUT2D eigenvalue weighted by atomic mass is 10.1. The van der Waals surface area contributed by atoms with E-state index >= 15 is 0 Å². The van der Waals surface area contributed by atoms with E-state index in [1.54, 1.807) is 12.1 Å². The molecule has 1 aromatic carbocycles. The first-order chi connectivity index (χ1) is 12.7. The first-order valence-corrected chi connectivity index (χ1v) is 9.00. The van der Waals surface area contributed by atoms with E-state index in [0.29, 0.717) is 18.8 Å². The topological polar surface area (TPSA) is 72.3 Å². The minimum atomic E-state index is -0.315. The van der Waals surface area contributed by atoms with E-state index in [1.165, 1.54) is 12.1 Å². The predicted octanol–water partition coefficient (Wildman–Crippen LogP) is 1.02. The van der Waals surface area contributed by atoms with Crippen molar-refractivity contribution < 1.29 is 13.9 Å². The van der Waals surface area contributed by atoms with Gasteiger partial charge >= 0.3 is 0 Å². The highest BCUT2D eigenvalue weighted by Gasteiger charge is 2.32. The van der Waals surface area contributed by atoms with Crippen LogP contribution in [0.25, 0.3) is 11.4 Å². The molecule has 1 N–H and O–H groups in total. The summed E-state index contributed by atoms with van der Waals surface area (Å²) in [7, 11) is 0. The van der Waals surface area contributed by atoms with Crippen molar-refractivity contribution in [3.05, 3.63) is 35.9 Å². The average Bonchev–Trinajstić information content (AvgIpc) is 3.25. The molecule has 138 valence electrons. The van der Waals surface area contributed by atoms with Crippen molar-refractivity contribution in [2.75, 3.05) is 39.4 Å². The van der Waals surface area contributed by atoms with Crippen LogP contribution in [0.3, 0.4) is 0 Å². The lowest BCUT2D eigenvalue weighted by Crippen LogP contribution is -2.42. The van der Waals surface area contributed by atoms with Crippen molar-refractivity contribution in [3.8, 4) is 11.4 Å². The first kappa shape index (κ1) is 17.1. The van der Waals surface area contributed by atoms with E-state index in [0.717, 1.165) is 50.7 Å². The van der Waals surface area contributed by atoms with Gasteiger partial charge in [0.1, 0.15) is 17.7 Å². The molecule has 26 heavy (non-hydrogen) atoms. The normalized spacial score (nSPS) is 20.1. The summed E-state index contributed by atoms with van der Waals surface area (Å²) in [6.07, 6.45) is 1.43. The Kier molecular flexibility index (Phi) is 4.94. The number of carbonyl (C=O) groups excluding carboxylic acids is 1. The fourth-order valence-corrected chi connectivity index (χ4v) is 3.54. The highest BCUT2D eigenvalue weighted by atomic mass is 19.1.